The number of methoxy groups -OCH3 is 2. The topological polar surface area (TPSA) is 103 Å². The summed E-state index contributed by atoms with van der Waals surface area (Å²) in [6, 6.07) is 8.50. The Labute approximate surface area is 150 Å². The third kappa shape index (κ3) is 3.45. The summed E-state index contributed by atoms with van der Waals surface area (Å²) < 4.78 is 10.2. The van der Waals surface area contributed by atoms with E-state index in [1.165, 1.54) is 37.5 Å². The van der Waals surface area contributed by atoms with Gasteiger partial charge in [0.2, 0.25) is 0 Å². The number of hydrogen-bond donors (Lipinski definition) is 2. The van der Waals surface area contributed by atoms with Crippen LogP contribution in [-0.4, -0.2) is 25.1 Å². The van der Waals surface area contributed by atoms with Gasteiger partial charge in [0, 0.05) is 25.7 Å². The molecule has 0 aliphatic carbocycles. The second kappa shape index (κ2) is 7.40. The molecule has 26 heavy (non-hydrogen) atoms. The number of fused-ring (bicyclic) bond motifs is 1. The first kappa shape index (κ1) is 17.7. The minimum absolute atomic E-state index is 0.0736. The number of nitro groups is 1. The van der Waals surface area contributed by atoms with E-state index >= 15 is 0 Å². The molecule has 1 aliphatic heterocycles. The SMILES string of the molecule is COc1cc(C(=O)NCc2ccc3c(c2)CNC3)c([N+](=O)[O-])cc1OC. The van der Waals surface area contributed by atoms with Gasteiger partial charge in [0.25, 0.3) is 11.6 Å². The van der Waals surface area contributed by atoms with Gasteiger partial charge in [-0.05, 0) is 16.7 Å². The highest BCUT2D eigenvalue weighted by Gasteiger charge is 2.24. The molecule has 0 radical (unpaired) electrons. The molecule has 0 spiro atoms. The number of benzene rings is 2. The molecule has 1 aliphatic rings. The zero-order chi connectivity index (χ0) is 18.7. The average molecular weight is 357 g/mol. The maximum Gasteiger partial charge on any atom is 0.286 e. The van der Waals surface area contributed by atoms with Gasteiger partial charge in [0.1, 0.15) is 5.56 Å². The molecule has 0 saturated carbocycles. The summed E-state index contributed by atoms with van der Waals surface area (Å²) in [6.45, 7) is 1.93. The lowest BCUT2D eigenvalue weighted by Gasteiger charge is -2.11. The predicted octanol–water partition coefficient (Wildman–Crippen LogP) is 2.15. The van der Waals surface area contributed by atoms with Gasteiger partial charge in [-0.2, -0.15) is 0 Å². The van der Waals surface area contributed by atoms with E-state index in [-0.39, 0.29) is 29.3 Å². The summed E-state index contributed by atoms with van der Waals surface area (Å²) in [5.41, 5.74) is 2.97. The van der Waals surface area contributed by atoms with Gasteiger partial charge < -0.3 is 20.1 Å². The van der Waals surface area contributed by atoms with Crippen molar-refractivity contribution in [2.75, 3.05) is 14.2 Å². The molecule has 0 unspecified atom stereocenters. The summed E-state index contributed by atoms with van der Waals surface area (Å²) in [7, 11) is 2.79. The Balaban J connectivity index is 1.81. The van der Waals surface area contributed by atoms with E-state index in [0.717, 1.165) is 18.7 Å². The van der Waals surface area contributed by atoms with Crippen molar-refractivity contribution in [3.05, 3.63) is 62.7 Å². The molecule has 1 heterocycles. The van der Waals surface area contributed by atoms with Gasteiger partial charge >= 0.3 is 0 Å². The fraction of sp³-hybridized carbons (Fsp3) is 0.278. The lowest BCUT2D eigenvalue weighted by molar-refractivity contribution is -0.385. The highest BCUT2D eigenvalue weighted by Crippen LogP contribution is 2.34. The van der Waals surface area contributed by atoms with Crippen molar-refractivity contribution < 1.29 is 19.2 Å². The molecule has 136 valence electrons. The van der Waals surface area contributed by atoms with Crippen molar-refractivity contribution in [3.63, 3.8) is 0 Å². The van der Waals surface area contributed by atoms with E-state index in [9.17, 15) is 14.9 Å². The van der Waals surface area contributed by atoms with Crippen LogP contribution < -0.4 is 20.1 Å². The number of nitro benzene ring substituents is 1. The van der Waals surface area contributed by atoms with Gasteiger partial charge in [0.15, 0.2) is 11.5 Å². The van der Waals surface area contributed by atoms with Crippen LogP contribution in [0.4, 0.5) is 5.69 Å². The Hall–Kier alpha value is -3.13. The number of amides is 1. The summed E-state index contributed by atoms with van der Waals surface area (Å²) in [5, 5.41) is 17.3. The molecule has 2 N–H and O–H groups in total. The van der Waals surface area contributed by atoms with Crippen LogP contribution in [0.5, 0.6) is 11.5 Å². The fourth-order valence-electron chi connectivity index (χ4n) is 2.94. The average Bonchev–Trinajstić information content (AvgIpc) is 3.12. The molecule has 0 atom stereocenters. The van der Waals surface area contributed by atoms with E-state index in [1.807, 2.05) is 18.2 Å². The van der Waals surface area contributed by atoms with E-state index in [2.05, 4.69) is 10.6 Å². The summed E-state index contributed by atoms with van der Waals surface area (Å²) >= 11 is 0. The number of nitrogens with zero attached hydrogens (tertiary/aromatic N) is 1. The Morgan fingerprint density at radius 1 is 1.15 bits per heavy atom. The lowest BCUT2D eigenvalue weighted by atomic mass is 10.1. The van der Waals surface area contributed by atoms with Crippen LogP contribution in [0.3, 0.4) is 0 Å². The van der Waals surface area contributed by atoms with E-state index in [1.54, 1.807) is 0 Å². The molecule has 0 saturated heterocycles. The molecule has 3 rings (SSSR count). The summed E-state index contributed by atoms with van der Waals surface area (Å²) in [4.78, 5) is 23.2. The predicted molar refractivity (Wildman–Crippen MR) is 94.4 cm³/mol. The fourth-order valence-corrected chi connectivity index (χ4v) is 2.94. The Morgan fingerprint density at radius 3 is 2.54 bits per heavy atom. The molecule has 0 fully saturated rings. The quantitative estimate of drug-likeness (QED) is 0.607. The molecule has 2 aromatic rings. The van der Waals surface area contributed by atoms with Gasteiger partial charge in [-0.1, -0.05) is 18.2 Å². The number of rotatable bonds is 6. The van der Waals surface area contributed by atoms with Crippen molar-refractivity contribution in [1.29, 1.82) is 0 Å². The third-order valence-corrected chi connectivity index (χ3v) is 4.30. The van der Waals surface area contributed by atoms with E-state index < -0.39 is 10.8 Å². The first-order chi connectivity index (χ1) is 12.5. The Morgan fingerprint density at radius 2 is 1.85 bits per heavy atom. The summed E-state index contributed by atoms with van der Waals surface area (Å²) in [6.07, 6.45) is 0. The van der Waals surface area contributed by atoms with Crippen LogP contribution in [0.15, 0.2) is 30.3 Å². The molecule has 0 bridgehead atoms. The molecular formula is C18H19N3O5. The van der Waals surface area contributed by atoms with Crippen molar-refractivity contribution >= 4 is 11.6 Å². The molecule has 0 aromatic heterocycles. The lowest BCUT2D eigenvalue weighted by Crippen LogP contribution is -2.24. The zero-order valence-electron chi connectivity index (χ0n) is 14.5. The number of ether oxygens (including phenoxy) is 2. The molecule has 1 amide bonds. The van der Waals surface area contributed by atoms with Crippen LogP contribution >= 0.6 is 0 Å². The monoisotopic (exact) mass is 357 g/mol. The highest BCUT2D eigenvalue weighted by atomic mass is 16.6. The zero-order valence-corrected chi connectivity index (χ0v) is 14.5. The van der Waals surface area contributed by atoms with Crippen LogP contribution in [0.25, 0.3) is 0 Å². The molecule has 8 nitrogen and oxygen atoms in total. The minimum atomic E-state index is -0.613. The van der Waals surface area contributed by atoms with E-state index in [0.29, 0.717) is 0 Å². The number of carbonyl (C=O) groups excluding carboxylic acids is 1. The third-order valence-electron chi connectivity index (χ3n) is 4.30. The van der Waals surface area contributed by atoms with Crippen LogP contribution in [0.1, 0.15) is 27.0 Å². The van der Waals surface area contributed by atoms with E-state index in [4.69, 9.17) is 9.47 Å². The number of hydrogen-bond acceptors (Lipinski definition) is 6. The number of nitrogens with one attached hydrogen (secondary N) is 2. The first-order valence-corrected chi connectivity index (χ1v) is 8.03. The maximum absolute atomic E-state index is 12.5. The van der Waals surface area contributed by atoms with Crippen LogP contribution in [-0.2, 0) is 19.6 Å². The second-order valence-electron chi connectivity index (χ2n) is 5.87. The van der Waals surface area contributed by atoms with Crippen molar-refractivity contribution in [2.45, 2.75) is 19.6 Å². The van der Waals surface area contributed by atoms with Crippen LogP contribution in [0, 0.1) is 10.1 Å². The minimum Gasteiger partial charge on any atom is -0.493 e. The maximum atomic E-state index is 12.5. The van der Waals surface area contributed by atoms with Crippen molar-refractivity contribution in [1.82, 2.24) is 10.6 Å². The van der Waals surface area contributed by atoms with Gasteiger partial charge in [0.05, 0.1) is 25.2 Å². The van der Waals surface area contributed by atoms with Crippen molar-refractivity contribution in [3.8, 4) is 11.5 Å². The number of carbonyl (C=O) groups is 1. The van der Waals surface area contributed by atoms with Crippen molar-refractivity contribution in [2.24, 2.45) is 0 Å². The largest absolute Gasteiger partial charge is 0.493 e. The smallest absolute Gasteiger partial charge is 0.286 e. The Kier molecular flexibility index (Phi) is 5.04. The standard InChI is InChI=1S/C18H19N3O5/c1-25-16-6-14(15(21(23)24)7-17(16)26-2)18(22)20-8-11-3-4-12-9-19-10-13(12)5-11/h3-7,19H,8-10H2,1-2H3,(H,20,22). The van der Waals surface area contributed by atoms with Gasteiger partial charge in [-0.25, -0.2) is 0 Å². The highest BCUT2D eigenvalue weighted by molar-refractivity contribution is 5.99. The Bertz CT molecular complexity index is 866. The molecule has 2 aromatic carbocycles. The normalized spacial score (nSPS) is 12.4. The molecule has 8 heteroatoms. The van der Waals surface area contributed by atoms with Gasteiger partial charge in [-0.15, -0.1) is 0 Å². The second-order valence-corrected chi connectivity index (χ2v) is 5.87. The summed E-state index contributed by atoms with van der Waals surface area (Å²) in [5.74, 6) is -0.0926. The molecular weight excluding hydrogens is 338 g/mol. The first-order valence-electron chi connectivity index (χ1n) is 8.03. The van der Waals surface area contributed by atoms with Crippen LogP contribution in [0.2, 0.25) is 0 Å². The van der Waals surface area contributed by atoms with Gasteiger partial charge in [-0.3, -0.25) is 14.9 Å².